The minimum Gasteiger partial charge on any atom is -0.399 e. The van der Waals surface area contributed by atoms with Gasteiger partial charge >= 0.3 is 11.1 Å². The number of thioether (sulfide) groups is 1. The Kier molecular flexibility index (Phi) is 3.26. The van der Waals surface area contributed by atoms with Gasteiger partial charge in [0.2, 0.25) is 0 Å². The fourth-order valence-electron chi connectivity index (χ4n) is 1.87. The zero-order valence-electron chi connectivity index (χ0n) is 11.1. The summed E-state index contributed by atoms with van der Waals surface area (Å²) < 4.78 is 1.41. The Balaban J connectivity index is 1.85. The number of H-pyrrole nitrogens is 2. The van der Waals surface area contributed by atoms with E-state index in [1.807, 2.05) is 12.1 Å². The Morgan fingerprint density at radius 1 is 1.33 bits per heavy atom. The predicted molar refractivity (Wildman–Crippen MR) is 80.2 cm³/mol. The number of aromatic amines is 2. The van der Waals surface area contributed by atoms with Crippen molar-refractivity contribution >= 4 is 28.5 Å². The Bertz CT molecular complexity index is 925. The van der Waals surface area contributed by atoms with E-state index in [1.54, 1.807) is 13.1 Å². The zero-order valence-corrected chi connectivity index (χ0v) is 11.9. The maximum Gasteiger partial charge on any atom is 0.339 e. The number of imidazole rings is 1. The van der Waals surface area contributed by atoms with E-state index in [0.717, 1.165) is 16.9 Å². The number of aryl methyl sites for hydroxylation is 1. The van der Waals surface area contributed by atoms with Crippen LogP contribution in [0.25, 0.3) is 11.0 Å². The molecule has 0 fully saturated rings. The van der Waals surface area contributed by atoms with Crippen LogP contribution in [0.2, 0.25) is 0 Å². The third-order valence-corrected chi connectivity index (χ3v) is 3.88. The lowest BCUT2D eigenvalue weighted by atomic mass is 10.3. The molecule has 0 spiro atoms. The van der Waals surface area contributed by atoms with Crippen molar-refractivity contribution in [2.75, 3.05) is 5.73 Å². The van der Waals surface area contributed by atoms with Crippen LogP contribution in [-0.4, -0.2) is 24.7 Å². The fourth-order valence-corrected chi connectivity index (χ4v) is 2.66. The summed E-state index contributed by atoms with van der Waals surface area (Å²) in [5, 5.41) is 2.81. The molecule has 8 nitrogen and oxygen atoms in total. The van der Waals surface area contributed by atoms with Gasteiger partial charge in [-0.1, -0.05) is 11.8 Å². The molecule has 3 aromatic rings. The maximum atomic E-state index is 11.3. The van der Waals surface area contributed by atoms with Crippen molar-refractivity contribution in [3.63, 3.8) is 0 Å². The van der Waals surface area contributed by atoms with E-state index in [4.69, 9.17) is 5.73 Å². The van der Waals surface area contributed by atoms with Crippen molar-refractivity contribution in [1.29, 1.82) is 0 Å². The second-order valence-electron chi connectivity index (χ2n) is 4.45. The number of hydrogen-bond acceptors (Lipinski definition) is 6. The first-order valence-electron chi connectivity index (χ1n) is 6.07. The van der Waals surface area contributed by atoms with E-state index in [1.165, 1.54) is 16.4 Å². The lowest BCUT2D eigenvalue weighted by molar-refractivity contribution is 0.596. The highest BCUT2D eigenvalue weighted by Gasteiger charge is 2.08. The van der Waals surface area contributed by atoms with Gasteiger partial charge in [0.15, 0.2) is 5.16 Å². The van der Waals surface area contributed by atoms with Crippen LogP contribution in [0.15, 0.2) is 32.9 Å². The standard InChI is InChI=1S/C12H12N6O2S/c1-18-12(16-10(19)11(20)17-18)21-5-9-14-7-3-2-6(13)4-8(7)15-9/h2-4H,5,13H2,1H3,(H,14,15)(H,17,20). The second-order valence-corrected chi connectivity index (χ2v) is 5.39. The van der Waals surface area contributed by atoms with Crippen LogP contribution in [0.1, 0.15) is 5.82 Å². The van der Waals surface area contributed by atoms with Gasteiger partial charge in [0.25, 0.3) is 0 Å². The Hall–Kier alpha value is -2.55. The lowest BCUT2D eigenvalue weighted by Crippen LogP contribution is -2.33. The molecule has 0 saturated heterocycles. The monoisotopic (exact) mass is 304 g/mol. The number of fused-ring (bicyclic) bond motifs is 1. The largest absolute Gasteiger partial charge is 0.399 e. The molecule has 2 aromatic heterocycles. The minimum atomic E-state index is -0.798. The summed E-state index contributed by atoms with van der Waals surface area (Å²) in [6.45, 7) is 0. The van der Waals surface area contributed by atoms with Crippen LogP contribution in [0.5, 0.6) is 0 Å². The van der Waals surface area contributed by atoms with Crippen molar-refractivity contribution in [1.82, 2.24) is 24.7 Å². The predicted octanol–water partition coefficient (Wildman–Crippen LogP) is 0.219. The fraction of sp³-hybridized carbons (Fsp3) is 0.167. The molecular formula is C12H12N6O2S. The zero-order chi connectivity index (χ0) is 15.0. The molecule has 0 saturated carbocycles. The molecule has 0 unspecified atom stereocenters. The lowest BCUT2D eigenvalue weighted by Gasteiger charge is -2.04. The normalized spacial score (nSPS) is 11.1. The number of hydrogen-bond donors (Lipinski definition) is 3. The van der Waals surface area contributed by atoms with Crippen LogP contribution in [-0.2, 0) is 12.8 Å². The second kappa shape index (κ2) is 5.09. The van der Waals surface area contributed by atoms with Crippen LogP contribution >= 0.6 is 11.8 Å². The van der Waals surface area contributed by atoms with Crippen molar-refractivity contribution < 1.29 is 0 Å². The van der Waals surface area contributed by atoms with E-state index in [0.29, 0.717) is 16.6 Å². The summed E-state index contributed by atoms with van der Waals surface area (Å²) >= 11 is 1.30. The molecule has 0 bridgehead atoms. The summed E-state index contributed by atoms with van der Waals surface area (Å²) in [5.74, 6) is 1.22. The van der Waals surface area contributed by atoms with Gasteiger partial charge in [0.05, 0.1) is 16.8 Å². The Morgan fingerprint density at radius 2 is 2.14 bits per heavy atom. The molecule has 0 aliphatic carbocycles. The molecular weight excluding hydrogens is 292 g/mol. The SMILES string of the molecule is Cn1[nH]c(=O)c(=O)nc1SCc1nc2ccc(N)cc2[nH]1. The quantitative estimate of drug-likeness (QED) is 0.361. The van der Waals surface area contributed by atoms with Crippen molar-refractivity contribution in [2.24, 2.45) is 7.05 Å². The van der Waals surface area contributed by atoms with Crippen LogP contribution in [0.3, 0.4) is 0 Å². The molecule has 0 aliphatic heterocycles. The third kappa shape index (κ3) is 2.68. The van der Waals surface area contributed by atoms with E-state index in [-0.39, 0.29) is 0 Å². The minimum absolute atomic E-state index is 0.416. The molecule has 0 radical (unpaired) electrons. The number of nitrogens with zero attached hydrogens (tertiary/aromatic N) is 3. The van der Waals surface area contributed by atoms with Crippen molar-refractivity contribution in [3.05, 3.63) is 44.7 Å². The van der Waals surface area contributed by atoms with Gasteiger partial charge in [-0.25, -0.2) is 4.98 Å². The van der Waals surface area contributed by atoms with Gasteiger partial charge in [-0.15, -0.1) is 0 Å². The summed E-state index contributed by atoms with van der Waals surface area (Å²) in [4.78, 5) is 33.7. The van der Waals surface area contributed by atoms with E-state index in [9.17, 15) is 9.59 Å². The molecule has 1 aromatic carbocycles. The van der Waals surface area contributed by atoms with Gasteiger partial charge in [0.1, 0.15) is 5.82 Å². The molecule has 3 rings (SSSR count). The molecule has 0 aliphatic rings. The smallest absolute Gasteiger partial charge is 0.339 e. The van der Waals surface area contributed by atoms with Gasteiger partial charge < -0.3 is 10.7 Å². The molecule has 0 amide bonds. The number of nitrogens with one attached hydrogen (secondary N) is 2. The van der Waals surface area contributed by atoms with E-state index >= 15 is 0 Å². The van der Waals surface area contributed by atoms with Gasteiger partial charge in [-0.2, -0.15) is 4.98 Å². The highest BCUT2D eigenvalue weighted by molar-refractivity contribution is 7.98. The highest BCUT2D eigenvalue weighted by Crippen LogP contribution is 2.20. The third-order valence-electron chi connectivity index (χ3n) is 2.84. The summed E-state index contributed by atoms with van der Waals surface area (Å²) in [7, 11) is 1.62. The van der Waals surface area contributed by atoms with Crippen LogP contribution < -0.4 is 16.9 Å². The number of nitrogens with two attached hydrogens (primary N) is 1. The number of nitrogen functional groups attached to an aromatic ring is 1. The first-order valence-corrected chi connectivity index (χ1v) is 7.06. The average Bonchev–Trinajstić information content (AvgIpc) is 2.83. The molecule has 4 N–H and O–H groups in total. The Labute approximate surface area is 122 Å². The maximum absolute atomic E-state index is 11.3. The van der Waals surface area contributed by atoms with E-state index in [2.05, 4.69) is 20.1 Å². The number of benzene rings is 1. The molecule has 108 valence electrons. The van der Waals surface area contributed by atoms with Crippen molar-refractivity contribution in [2.45, 2.75) is 10.9 Å². The van der Waals surface area contributed by atoms with Crippen molar-refractivity contribution in [3.8, 4) is 0 Å². The summed E-state index contributed by atoms with van der Waals surface area (Å²) in [5.41, 5.74) is 6.52. The summed E-state index contributed by atoms with van der Waals surface area (Å²) in [6, 6.07) is 5.43. The van der Waals surface area contributed by atoms with Gasteiger partial charge in [-0.05, 0) is 18.2 Å². The van der Waals surface area contributed by atoms with Crippen LogP contribution in [0, 0.1) is 0 Å². The average molecular weight is 304 g/mol. The van der Waals surface area contributed by atoms with Gasteiger partial charge in [-0.3, -0.25) is 19.4 Å². The number of rotatable bonds is 3. The van der Waals surface area contributed by atoms with Gasteiger partial charge in [0, 0.05) is 12.7 Å². The first kappa shape index (κ1) is 13.4. The summed E-state index contributed by atoms with van der Waals surface area (Å²) in [6.07, 6.45) is 0. The molecule has 2 heterocycles. The molecule has 9 heteroatoms. The Morgan fingerprint density at radius 3 is 2.95 bits per heavy atom. The topological polar surface area (TPSA) is 122 Å². The number of anilines is 1. The van der Waals surface area contributed by atoms with Crippen LogP contribution in [0.4, 0.5) is 5.69 Å². The molecule has 0 atom stereocenters. The molecule has 21 heavy (non-hydrogen) atoms. The first-order chi connectivity index (χ1) is 10.0. The van der Waals surface area contributed by atoms with E-state index < -0.39 is 11.1 Å². The number of aromatic nitrogens is 5. The highest BCUT2D eigenvalue weighted by atomic mass is 32.2.